The molecule has 3 heteroatoms. The third-order valence-electron chi connectivity index (χ3n) is 2.05. The van der Waals surface area contributed by atoms with Crippen molar-refractivity contribution >= 4 is 0 Å². The van der Waals surface area contributed by atoms with Crippen molar-refractivity contribution in [3.8, 4) is 0 Å². The van der Waals surface area contributed by atoms with Crippen LogP contribution in [-0.4, -0.2) is 42.8 Å². The van der Waals surface area contributed by atoms with Gasteiger partial charge in [0.2, 0.25) is 0 Å². The van der Waals surface area contributed by atoms with E-state index in [-0.39, 0.29) is 11.6 Å². The van der Waals surface area contributed by atoms with Crippen molar-refractivity contribution in [2.75, 3.05) is 20.1 Å². The summed E-state index contributed by atoms with van der Waals surface area (Å²) in [5.74, 6) is 0. The molecule has 12 heavy (non-hydrogen) atoms. The first-order chi connectivity index (χ1) is 5.38. The Kier molecular flexibility index (Phi) is 2.74. The van der Waals surface area contributed by atoms with Gasteiger partial charge in [-0.15, -0.1) is 0 Å². The fourth-order valence-electron chi connectivity index (χ4n) is 1.64. The van der Waals surface area contributed by atoms with E-state index in [0.29, 0.717) is 6.54 Å². The van der Waals surface area contributed by atoms with Crippen molar-refractivity contribution in [1.82, 2.24) is 10.2 Å². The first-order valence-corrected chi connectivity index (χ1v) is 4.49. The summed E-state index contributed by atoms with van der Waals surface area (Å²) in [6, 6.07) is 0.00926. The average molecular weight is 174 g/mol. The van der Waals surface area contributed by atoms with Crippen LogP contribution >= 0.6 is 0 Å². The SMILES string of the molecule is CN1C[C@@H](F)[C@H](NC(C)(C)C)C1. The predicted molar refractivity (Wildman–Crippen MR) is 49.1 cm³/mol. The number of hydrogen-bond donors (Lipinski definition) is 1. The molecule has 0 spiro atoms. The summed E-state index contributed by atoms with van der Waals surface area (Å²) in [5.41, 5.74) is 0.0141. The van der Waals surface area contributed by atoms with E-state index in [4.69, 9.17) is 0 Å². The van der Waals surface area contributed by atoms with Crippen LogP contribution in [0, 0.1) is 0 Å². The maximum atomic E-state index is 13.3. The number of likely N-dealkylation sites (N-methyl/N-ethyl adjacent to an activating group) is 1. The van der Waals surface area contributed by atoms with E-state index >= 15 is 0 Å². The highest BCUT2D eigenvalue weighted by molar-refractivity contribution is 4.91. The summed E-state index contributed by atoms with van der Waals surface area (Å²) < 4.78 is 13.3. The molecule has 72 valence electrons. The Morgan fingerprint density at radius 1 is 1.33 bits per heavy atom. The maximum absolute atomic E-state index is 13.3. The van der Waals surface area contributed by atoms with Crippen LogP contribution in [0.15, 0.2) is 0 Å². The Hall–Kier alpha value is -0.150. The van der Waals surface area contributed by atoms with Gasteiger partial charge < -0.3 is 10.2 Å². The van der Waals surface area contributed by atoms with Gasteiger partial charge in [0.25, 0.3) is 0 Å². The van der Waals surface area contributed by atoms with E-state index in [1.54, 1.807) is 0 Å². The highest BCUT2D eigenvalue weighted by Gasteiger charge is 2.32. The zero-order valence-corrected chi connectivity index (χ0v) is 8.39. The zero-order chi connectivity index (χ0) is 9.35. The maximum Gasteiger partial charge on any atom is 0.129 e. The second kappa shape index (κ2) is 3.30. The van der Waals surface area contributed by atoms with Gasteiger partial charge in [0, 0.05) is 18.6 Å². The molecule has 0 aromatic rings. The third-order valence-corrected chi connectivity index (χ3v) is 2.05. The summed E-state index contributed by atoms with van der Waals surface area (Å²) in [5, 5.41) is 3.28. The molecule has 1 N–H and O–H groups in total. The highest BCUT2D eigenvalue weighted by atomic mass is 19.1. The fraction of sp³-hybridized carbons (Fsp3) is 1.00. The monoisotopic (exact) mass is 174 g/mol. The van der Waals surface area contributed by atoms with E-state index in [1.165, 1.54) is 0 Å². The molecule has 1 aliphatic rings. The topological polar surface area (TPSA) is 15.3 Å². The van der Waals surface area contributed by atoms with Crippen LogP contribution in [-0.2, 0) is 0 Å². The van der Waals surface area contributed by atoms with Gasteiger partial charge in [0.1, 0.15) is 6.17 Å². The van der Waals surface area contributed by atoms with E-state index in [0.717, 1.165) is 6.54 Å². The molecule has 0 aromatic carbocycles. The largest absolute Gasteiger partial charge is 0.305 e. The molecular weight excluding hydrogens is 155 g/mol. The third kappa shape index (κ3) is 2.72. The molecule has 2 atom stereocenters. The number of likely N-dealkylation sites (tertiary alicyclic amines) is 1. The lowest BCUT2D eigenvalue weighted by Crippen LogP contribution is -2.48. The predicted octanol–water partition coefficient (Wildman–Crippen LogP) is 1.03. The summed E-state index contributed by atoms with van der Waals surface area (Å²) in [7, 11) is 1.96. The first kappa shape index (κ1) is 9.93. The van der Waals surface area contributed by atoms with E-state index in [1.807, 2.05) is 11.9 Å². The molecule has 1 aliphatic heterocycles. The van der Waals surface area contributed by atoms with Crippen molar-refractivity contribution < 1.29 is 4.39 Å². The van der Waals surface area contributed by atoms with Crippen LogP contribution in [0.25, 0.3) is 0 Å². The van der Waals surface area contributed by atoms with Crippen molar-refractivity contribution in [3.05, 3.63) is 0 Å². The number of nitrogens with zero attached hydrogens (tertiary/aromatic N) is 1. The van der Waals surface area contributed by atoms with Gasteiger partial charge in [-0.05, 0) is 27.8 Å². The van der Waals surface area contributed by atoms with Crippen LogP contribution in [0.5, 0.6) is 0 Å². The molecule has 0 aromatic heterocycles. The van der Waals surface area contributed by atoms with Crippen LogP contribution in [0.2, 0.25) is 0 Å². The Balaban J connectivity index is 2.43. The summed E-state index contributed by atoms with van der Waals surface area (Å²) >= 11 is 0. The van der Waals surface area contributed by atoms with Gasteiger partial charge >= 0.3 is 0 Å². The molecule has 0 bridgehead atoms. The number of rotatable bonds is 1. The Morgan fingerprint density at radius 3 is 2.25 bits per heavy atom. The van der Waals surface area contributed by atoms with Crippen LogP contribution in [0.1, 0.15) is 20.8 Å². The second-order valence-electron chi connectivity index (χ2n) is 4.74. The Bertz CT molecular complexity index is 153. The van der Waals surface area contributed by atoms with Crippen molar-refractivity contribution in [2.24, 2.45) is 0 Å². The molecule has 1 fully saturated rings. The Labute approximate surface area is 74.1 Å². The average Bonchev–Trinajstić information content (AvgIpc) is 2.06. The van der Waals surface area contributed by atoms with Gasteiger partial charge in [-0.25, -0.2) is 4.39 Å². The van der Waals surface area contributed by atoms with Crippen LogP contribution in [0.3, 0.4) is 0 Å². The van der Waals surface area contributed by atoms with Gasteiger partial charge in [-0.2, -0.15) is 0 Å². The molecule has 1 heterocycles. The minimum atomic E-state index is -0.714. The van der Waals surface area contributed by atoms with E-state index in [9.17, 15) is 4.39 Å². The molecule has 0 saturated carbocycles. The summed E-state index contributed by atoms with van der Waals surface area (Å²) in [6.07, 6.45) is -0.714. The molecule has 0 unspecified atom stereocenters. The van der Waals surface area contributed by atoms with Crippen LogP contribution in [0.4, 0.5) is 4.39 Å². The molecule has 2 nitrogen and oxygen atoms in total. The zero-order valence-electron chi connectivity index (χ0n) is 8.39. The van der Waals surface area contributed by atoms with Gasteiger partial charge in [-0.1, -0.05) is 0 Å². The minimum absolute atomic E-state index is 0.00926. The molecular formula is C9H19FN2. The van der Waals surface area contributed by atoms with Gasteiger partial charge in [0.15, 0.2) is 0 Å². The number of nitrogens with one attached hydrogen (secondary N) is 1. The lowest BCUT2D eigenvalue weighted by atomic mass is 10.1. The molecule has 0 aliphatic carbocycles. The lowest BCUT2D eigenvalue weighted by molar-refractivity contribution is 0.256. The molecule has 1 rings (SSSR count). The summed E-state index contributed by atoms with van der Waals surface area (Å²) in [4.78, 5) is 2.02. The Morgan fingerprint density at radius 2 is 1.92 bits per heavy atom. The number of alkyl halides is 1. The van der Waals surface area contributed by atoms with Gasteiger partial charge in [-0.3, -0.25) is 0 Å². The van der Waals surface area contributed by atoms with Crippen molar-refractivity contribution in [1.29, 1.82) is 0 Å². The van der Waals surface area contributed by atoms with E-state index in [2.05, 4.69) is 26.1 Å². The smallest absolute Gasteiger partial charge is 0.129 e. The second-order valence-corrected chi connectivity index (χ2v) is 4.74. The quantitative estimate of drug-likeness (QED) is 0.638. The standard InChI is InChI=1S/C9H19FN2/c1-9(2,3)11-8-6-12(4)5-7(8)10/h7-8,11H,5-6H2,1-4H3/t7-,8-/m1/s1. The summed E-state index contributed by atoms with van der Waals surface area (Å²) in [6.45, 7) is 7.58. The molecule has 0 amide bonds. The van der Waals surface area contributed by atoms with Crippen LogP contribution < -0.4 is 5.32 Å². The number of halogens is 1. The lowest BCUT2D eigenvalue weighted by Gasteiger charge is -2.26. The number of hydrogen-bond acceptors (Lipinski definition) is 2. The normalized spacial score (nSPS) is 32.8. The fourth-order valence-corrected chi connectivity index (χ4v) is 1.64. The molecule has 0 radical (unpaired) electrons. The van der Waals surface area contributed by atoms with Gasteiger partial charge in [0.05, 0.1) is 6.04 Å². The van der Waals surface area contributed by atoms with Crippen molar-refractivity contribution in [3.63, 3.8) is 0 Å². The highest BCUT2D eigenvalue weighted by Crippen LogP contribution is 2.14. The first-order valence-electron chi connectivity index (χ1n) is 4.49. The minimum Gasteiger partial charge on any atom is -0.305 e. The molecule has 1 saturated heterocycles. The van der Waals surface area contributed by atoms with Crippen molar-refractivity contribution in [2.45, 2.75) is 38.5 Å². The van der Waals surface area contributed by atoms with E-state index < -0.39 is 6.17 Å².